The van der Waals surface area contributed by atoms with Crippen LogP contribution in [0, 0.1) is 17.8 Å². The van der Waals surface area contributed by atoms with Gasteiger partial charge < -0.3 is 5.73 Å². The zero-order chi connectivity index (χ0) is 6.27. The van der Waals surface area contributed by atoms with Gasteiger partial charge in [0, 0.05) is 0 Å². The molecule has 9 heavy (non-hydrogen) atoms. The fraction of sp³-hybridized carbons (Fsp3) is 1.00. The standard InChI is InChI=1S/C8H15N/c9-2-1-6-3-7-5-8(7)4-6/h6-8H,1-5,9H2/t6?,7-,8+. The number of hydrogen-bond acceptors (Lipinski definition) is 1. The minimum absolute atomic E-state index is 0.907. The molecule has 0 radical (unpaired) electrons. The van der Waals surface area contributed by atoms with E-state index < -0.39 is 0 Å². The lowest BCUT2D eigenvalue weighted by atomic mass is 10.0. The summed E-state index contributed by atoms with van der Waals surface area (Å²) in [6.07, 6.45) is 5.83. The van der Waals surface area contributed by atoms with Gasteiger partial charge in [-0.25, -0.2) is 0 Å². The van der Waals surface area contributed by atoms with Gasteiger partial charge in [0.15, 0.2) is 0 Å². The number of fused-ring (bicyclic) bond motifs is 1. The quantitative estimate of drug-likeness (QED) is 0.593. The molecule has 0 saturated heterocycles. The van der Waals surface area contributed by atoms with Crippen molar-refractivity contribution in [3.63, 3.8) is 0 Å². The first-order chi connectivity index (χ1) is 4.40. The van der Waals surface area contributed by atoms with E-state index in [-0.39, 0.29) is 0 Å². The van der Waals surface area contributed by atoms with Crippen LogP contribution in [0.1, 0.15) is 25.7 Å². The number of nitrogens with two attached hydrogens (primary N) is 1. The van der Waals surface area contributed by atoms with Crippen LogP contribution in [-0.2, 0) is 0 Å². The highest BCUT2D eigenvalue weighted by molar-refractivity contribution is 4.95. The van der Waals surface area contributed by atoms with E-state index in [1.807, 2.05) is 0 Å². The van der Waals surface area contributed by atoms with E-state index >= 15 is 0 Å². The van der Waals surface area contributed by atoms with Gasteiger partial charge in [-0.3, -0.25) is 0 Å². The van der Waals surface area contributed by atoms with E-state index in [9.17, 15) is 0 Å². The maximum atomic E-state index is 5.47. The smallest absolute Gasteiger partial charge is 0.00746 e. The van der Waals surface area contributed by atoms with Crippen LogP contribution in [0.4, 0.5) is 0 Å². The molecule has 2 aliphatic rings. The lowest BCUT2D eigenvalue weighted by Crippen LogP contribution is -2.06. The van der Waals surface area contributed by atoms with Crippen molar-refractivity contribution in [3.8, 4) is 0 Å². The van der Waals surface area contributed by atoms with E-state index in [0.717, 1.165) is 24.3 Å². The van der Waals surface area contributed by atoms with Crippen molar-refractivity contribution in [3.05, 3.63) is 0 Å². The second kappa shape index (κ2) is 1.98. The van der Waals surface area contributed by atoms with Crippen LogP contribution in [0.3, 0.4) is 0 Å². The summed E-state index contributed by atoms with van der Waals surface area (Å²) in [7, 11) is 0. The van der Waals surface area contributed by atoms with Crippen LogP contribution >= 0.6 is 0 Å². The fourth-order valence-corrected chi connectivity index (χ4v) is 2.31. The van der Waals surface area contributed by atoms with Crippen molar-refractivity contribution in [2.75, 3.05) is 6.54 Å². The van der Waals surface area contributed by atoms with E-state index in [1.165, 1.54) is 19.3 Å². The van der Waals surface area contributed by atoms with Crippen molar-refractivity contribution in [1.82, 2.24) is 0 Å². The molecule has 0 aromatic heterocycles. The second-order valence-corrected chi connectivity index (χ2v) is 3.67. The van der Waals surface area contributed by atoms with Gasteiger partial charge in [0.05, 0.1) is 0 Å². The molecule has 52 valence electrons. The molecule has 1 unspecified atom stereocenters. The summed E-state index contributed by atoms with van der Waals surface area (Å²) in [5.41, 5.74) is 5.47. The topological polar surface area (TPSA) is 26.0 Å². The minimum Gasteiger partial charge on any atom is -0.330 e. The Morgan fingerprint density at radius 1 is 1.11 bits per heavy atom. The molecule has 0 amide bonds. The summed E-state index contributed by atoms with van der Waals surface area (Å²) in [5.74, 6) is 3.29. The molecule has 2 aliphatic carbocycles. The normalized spacial score (nSPS) is 47.0. The van der Waals surface area contributed by atoms with Gasteiger partial charge in [0.2, 0.25) is 0 Å². The molecule has 3 atom stereocenters. The van der Waals surface area contributed by atoms with Gasteiger partial charge in [0.25, 0.3) is 0 Å². The number of rotatable bonds is 2. The Labute approximate surface area is 56.6 Å². The Morgan fingerprint density at radius 2 is 1.78 bits per heavy atom. The molecule has 0 aliphatic heterocycles. The first kappa shape index (κ1) is 5.72. The molecule has 0 aromatic rings. The van der Waals surface area contributed by atoms with Crippen LogP contribution < -0.4 is 5.73 Å². The molecule has 0 spiro atoms. The van der Waals surface area contributed by atoms with Crippen LogP contribution in [0.25, 0.3) is 0 Å². The second-order valence-electron chi connectivity index (χ2n) is 3.67. The molecule has 0 bridgehead atoms. The van der Waals surface area contributed by atoms with Gasteiger partial charge >= 0.3 is 0 Å². The fourth-order valence-electron chi connectivity index (χ4n) is 2.31. The van der Waals surface area contributed by atoms with Crippen molar-refractivity contribution in [2.45, 2.75) is 25.7 Å². The zero-order valence-electron chi connectivity index (χ0n) is 5.84. The third kappa shape index (κ3) is 0.983. The Balaban J connectivity index is 1.77. The van der Waals surface area contributed by atoms with E-state index in [1.54, 1.807) is 6.42 Å². The first-order valence-corrected chi connectivity index (χ1v) is 4.10. The lowest BCUT2D eigenvalue weighted by Gasteiger charge is -2.07. The Hall–Kier alpha value is -0.0400. The molecule has 0 heterocycles. The third-order valence-corrected chi connectivity index (χ3v) is 2.92. The maximum absolute atomic E-state index is 5.47. The molecule has 0 aromatic carbocycles. The van der Waals surface area contributed by atoms with Crippen LogP contribution in [-0.4, -0.2) is 6.54 Å². The van der Waals surface area contributed by atoms with Crippen LogP contribution in [0.5, 0.6) is 0 Å². The SMILES string of the molecule is NCCC1C[C@@H]2C[C@@H]2C1. The van der Waals surface area contributed by atoms with Gasteiger partial charge in [-0.15, -0.1) is 0 Å². The summed E-state index contributed by atoms with van der Waals surface area (Å²) in [6, 6.07) is 0. The summed E-state index contributed by atoms with van der Waals surface area (Å²) in [5, 5.41) is 0. The predicted molar refractivity (Wildman–Crippen MR) is 38.0 cm³/mol. The minimum atomic E-state index is 0.907. The largest absolute Gasteiger partial charge is 0.330 e. The summed E-state index contributed by atoms with van der Waals surface area (Å²) >= 11 is 0. The molecular formula is C8H15N. The van der Waals surface area contributed by atoms with Crippen molar-refractivity contribution in [2.24, 2.45) is 23.5 Å². The molecule has 2 saturated carbocycles. The third-order valence-electron chi connectivity index (χ3n) is 2.92. The first-order valence-electron chi connectivity index (χ1n) is 4.10. The van der Waals surface area contributed by atoms with Gasteiger partial charge in [-0.05, 0) is 50.0 Å². The predicted octanol–water partition coefficient (Wildman–Crippen LogP) is 1.38. The molecule has 2 N–H and O–H groups in total. The Morgan fingerprint density at radius 3 is 2.33 bits per heavy atom. The van der Waals surface area contributed by atoms with Crippen LogP contribution in [0.2, 0.25) is 0 Å². The van der Waals surface area contributed by atoms with E-state index in [2.05, 4.69) is 0 Å². The number of hydrogen-bond donors (Lipinski definition) is 1. The molecule has 1 nitrogen and oxygen atoms in total. The van der Waals surface area contributed by atoms with Gasteiger partial charge in [-0.2, -0.15) is 0 Å². The molecule has 2 rings (SSSR count). The molecule has 1 heteroatoms. The van der Waals surface area contributed by atoms with Crippen molar-refractivity contribution in [1.29, 1.82) is 0 Å². The lowest BCUT2D eigenvalue weighted by molar-refractivity contribution is 0.459. The Bertz CT molecular complexity index is 101. The van der Waals surface area contributed by atoms with Gasteiger partial charge in [-0.1, -0.05) is 0 Å². The molecular weight excluding hydrogens is 110 g/mol. The highest BCUT2D eigenvalue weighted by Crippen LogP contribution is 2.54. The molecule has 2 fully saturated rings. The summed E-state index contributed by atoms with van der Waals surface area (Å²) in [6.45, 7) is 0.907. The van der Waals surface area contributed by atoms with Crippen molar-refractivity contribution < 1.29 is 0 Å². The summed E-state index contributed by atoms with van der Waals surface area (Å²) in [4.78, 5) is 0. The van der Waals surface area contributed by atoms with Crippen LogP contribution in [0.15, 0.2) is 0 Å². The maximum Gasteiger partial charge on any atom is -0.00746 e. The monoisotopic (exact) mass is 125 g/mol. The average molecular weight is 125 g/mol. The zero-order valence-corrected chi connectivity index (χ0v) is 5.84. The average Bonchev–Trinajstić information content (AvgIpc) is 2.42. The highest BCUT2D eigenvalue weighted by Gasteiger charge is 2.45. The van der Waals surface area contributed by atoms with Gasteiger partial charge in [0.1, 0.15) is 0 Å². The van der Waals surface area contributed by atoms with Crippen molar-refractivity contribution >= 4 is 0 Å². The van der Waals surface area contributed by atoms with E-state index in [0.29, 0.717) is 0 Å². The Kier molecular flexibility index (Phi) is 1.26. The highest BCUT2D eigenvalue weighted by atomic mass is 14.6. The van der Waals surface area contributed by atoms with E-state index in [4.69, 9.17) is 5.73 Å². The summed E-state index contributed by atoms with van der Waals surface area (Å²) < 4.78 is 0.